The number of benzene rings is 2. The van der Waals surface area contributed by atoms with Gasteiger partial charge in [0.05, 0.1) is 11.1 Å². The predicted molar refractivity (Wildman–Crippen MR) is 144 cm³/mol. The maximum Gasteiger partial charge on any atom is 0.346 e. The van der Waals surface area contributed by atoms with Crippen LogP contribution in [0.3, 0.4) is 0 Å². The molecule has 0 heterocycles. The normalized spacial score (nSPS) is 9.44. The van der Waals surface area contributed by atoms with Gasteiger partial charge in [-0.05, 0) is 49.9 Å². The molecule has 0 unspecified atom stereocenters. The van der Waals surface area contributed by atoms with Crippen LogP contribution in [0.15, 0.2) is 60.7 Å². The molecule has 9 heteroatoms. The van der Waals surface area contributed by atoms with Crippen LogP contribution in [0.5, 0.6) is 0 Å². The first-order valence-corrected chi connectivity index (χ1v) is 13.0. The molecule has 39 heavy (non-hydrogen) atoms. The highest BCUT2D eigenvalue weighted by atomic mass is 16.6. The molecule has 0 fully saturated rings. The topological polar surface area (TPSA) is 130 Å². The molecule has 0 aliphatic heterocycles. The molecule has 0 spiro atoms. The van der Waals surface area contributed by atoms with Crippen molar-refractivity contribution in [2.45, 2.75) is 79.1 Å². The summed E-state index contributed by atoms with van der Waals surface area (Å²) < 4.78 is 13.7. The van der Waals surface area contributed by atoms with Crippen molar-refractivity contribution in [1.82, 2.24) is 0 Å². The molecule has 0 bridgehead atoms. The summed E-state index contributed by atoms with van der Waals surface area (Å²) in [7, 11) is 0. The Hall–Kier alpha value is -4.14. The quantitative estimate of drug-likeness (QED) is 0.202. The van der Waals surface area contributed by atoms with E-state index >= 15 is 0 Å². The molecule has 9 nitrogen and oxygen atoms in total. The van der Waals surface area contributed by atoms with Crippen LogP contribution in [0, 0.1) is 0 Å². The Kier molecular flexibility index (Phi) is 19.6. The summed E-state index contributed by atoms with van der Waals surface area (Å²) in [4.78, 5) is 65.9. The summed E-state index contributed by atoms with van der Waals surface area (Å²) in [5, 5.41) is 0. The number of hydrogen-bond acceptors (Lipinski definition) is 9. The zero-order valence-corrected chi connectivity index (χ0v) is 23.1. The van der Waals surface area contributed by atoms with Gasteiger partial charge in [-0.2, -0.15) is 0 Å². The van der Waals surface area contributed by atoms with E-state index in [0.717, 1.165) is 25.7 Å². The maximum atomic E-state index is 11.6. The summed E-state index contributed by atoms with van der Waals surface area (Å²) in [6.07, 6.45) is 4.20. The minimum absolute atomic E-state index is 0.329. The van der Waals surface area contributed by atoms with E-state index in [0.29, 0.717) is 36.8 Å². The van der Waals surface area contributed by atoms with Gasteiger partial charge in [-0.3, -0.25) is 19.2 Å². The second-order valence-corrected chi connectivity index (χ2v) is 8.10. The van der Waals surface area contributed by atoms with Gasteiger partial charge in [-0.25, -0.2) is 9.59 Å². The Bertz CT molecular complexity index is 915. The van der Waals surface area contributed by atoms with Crippen molar-refractivity contribution in [1.29, 1.82) is 0 Å². The number of hydrogen-bond donors (Lipinski definition) is 0. The van der Waals surface area contributed by atoms with E-state index in [9.17, 15) is 28.8 Å². The lowest BCUT2D eigenvalue weighted by molar-refractivity contribution is -0.161. The van der Waals surface area contributed by atoms with Crippen molar-refractivity contribution in [3.05, 3.63) is 71.8 Å². The van der Waals surface area contributed by atoms with E-state index in [1.165, 1.54) is 0 Å². The highest BCUT2D eigenvalue weighted by Crippen LogP contribution is 2.06. The van der Waals surface area contributed by atoms with Gasteiger partial charge in [0.2, 0.25) is 0 Å². The van der Waals surface area contributed by atoms with E-state index < -0.39 is 35.8 Å². The first kappa shape index (κ1) is 34.9. The molecular weight excluding hydrogens is 504 g/mol. The fourth-order valence-corrected chi connectivity index (χ4v) is 2.63. The molecule has 0 saturated carbocycles. The van der Waals surface area contributed by atoms with Crippen LogP contribution in [-0.2, 0) is 33.4 Å². The molecule has 0 aromatic heterocycles. The van der Waals surface area contributed by atoms with Crippen LogP contribution >= 0.6 is 0 Å². The lowest BCUT2D eigenvalue weighted by atomic mass is 10.2. The first-order chi connectivity index (χ1) is 18.7. The minimum atomic E-state index is -0.639. The molecule has 2 aromatic carbocycles. The summed E-state index contributed by atoms with van der Waals surface area (Å²) >= 11 is 0. The Morgan fingerprint density at radius 1 is 0.436 bits per heavy atom. The smallest absolute Gasteiger partial charge is 0.346 e. The third-order valence-electron chi connectivity index (χ3n) is 4.48. The van der Waals surface area contributed by atoms with Gasteiger partial charge >= 0.3 is 35.8 Å². The third kappa shape index (κ3) is 17.9. The van der Waals surface area contributed by atoms with Crippen LogP contribution in [-0.4, -0.2) is 35.8 Å². The molecule has 212 valence electrons. The third-order valence-corrected chi connectivity index (χ3v) is 4.48. The number of rotatable bonds is 10. The molecule has 2 rings (SSSR count). The van der Waals surface area contributed by atoms with Crippen molar-refractivity contribution in [2.24, 2.45) is 0 Å². The predicted octanol–water partition coefficient (Wildman–Crippen LogP) is 6.00. The molecular formula is C30H38O9. The molecule has 2 aromatic rings. The lowest BCUT2D eigenvalue weighted by Gasteiger charge is -2.02. The number of carbonyl (C=O) groups excluding carboxylic acids is 6. The molecule has 0 aliphatic carbocycles. The average Bonchev–Trinajstić information content (AvgIpc) is 2.91. The van der Waals surface area contributed by atoms with Crippen molar-refractivity contribution in [2.75, 3.05) is 0 Å². The second kappa shape index (κ2) is 21.9. The Balaban J connectivity index is 0.000000582. The van der Waals surface area contributed by atoms with Gasteiger partial charge in [-0.1, -0.05) is 64.1 Å². The standard InChI is InChI=1S/C14H10O3.2C8H14O3/c15-13(11-7-3-1-4-8-11)17-14(16)12-9-5-2-6-10-12;2*1-3-5-7(9)11-8(10)6-4-2/h1-10H;2*3-6H2,1-2H3. The van der Waals surface area contributed by atoms with Crippen molar-refractivity contribution >= 4 is 35.8 Å². The van der Waals surface area contributed by atoms with E-state index in [1.54, 1.807) is 60.7 Å². The SMILES string of the molecule is CCCC(=O)OC(=O)CCC.CCCC(=O)OC(=O)CCC.O=C(OC(=O)c1ccccc1)c1ccccc1. The average molecular weight is 543 g/mol. The first-order valence-electron chi connectivity index (χ1n) is 13.0. The van der Waals surface area contributed by atoms with Gasteiger partial charge in [0.25, 0.3) is 0 Å². The van der Waals surface area contributed by atoms with Gasteiger partial charge in [0.15, 0.2) is 0 Å². The van der Waals surface area contributed by atoms with Crippen molar-refractivity contribution < 1.29 is 43.0 Å². The molecule has 0 saturated heterocycles. The molecule has 0 aliphatic rings. The molecule has 0 N–H and O–H groups in total. The van der Waals surface area contributed by atoms with E-state index in [4.69, 9.17) is 4.74 Å². The van der Waals surface area contributed by atoms with Gasteiger partial charge in [0.1, 0.15) is 0 Å². The summed E-state index contributed by atoms with van der Waals surface area (Å²) in [5.74, 6) is -2.92. The highest BCUT2D eigenvalue weighted by molar-refractivity contribution is 6.02. The van der Waals surface area contributed by atoms with E-state index in [1.807, 2.05) is 27.7 Å². The zero-order valence-electron chi connectivity index (χ0n) is 23.1. The van der Waals surface area contributed by atoms with Crippen LogP contribution < -0.4 is 0 Å². The number of ether oxygens (including phenoxy) is 3. The number of esters is 6. The monoisotopic (exact) mass is 542 g/mol. The van der Waals surface area contributed by atoms with Crippen LogP contribution in [0.2, 0.25) is 0 Å². The highest BCUT2D eigenvalue weighted by Gasteiger charge is 2.13. The van der Waals surface area contributed by atoms with Gasteiger partial charge in [-0.15, -0.1) is 0 Å². The van der Waals surface area contributed by atoms with Crippen molar-refractivity contribution in [3.8, 4) is 0 Å². The Labute approximate surface area is 229 Å². The van der Waals surface area contributed by atoms with Crippen LogP contribution in [0.4, 0.5) is 0 Å². The summed E-state index contributed by atoms with van der Waals surface area (Å²) in [6, 6.07) is 16.8. The lowest BCUT2D eigenvalue weighted by Crippen LogP contribution is -2.12. The van der Waals surface area contributed by atoms with Crippen molar-refractivity contribution in [3.63, 3.8) is 0 Å². The fraction of sp³-hybridized carbons (Fsp3) is 0.400. The summed E-state index contributed by atoms with van der Waals surface area (Å²) in [6.45, 7) is 7.47. The van der Waals surface area contributed by atoms with Crippen LogP contribution in [0.1, 0.15) is 99.8 Å². The van der Waals surface area contributed by atoms with Crippen LogP contribution in [0.25, 0.3) is 0 Å². The van der Waals surface area contributed by atoms with Gasteiger partial charge < -0.3 is 14.2 Å². The Morgan fingerprint density at radius 2 is 0.692 bits per heavy atom. The molecule has 0 atom stereocenters. The zero-order chi connectivity index (χ0) is 29.5. The molecule has 0 amide bonds. The second-order valence-electron chi connectivity index (χ2n) is 8.10. The molecule has 0 radical (unpaired) electrons. The van der Waals surface area contributed by atoms with E-state index in [2.05, 4.69) is 9.47 Å². The van der Waals surface area contributed by atoms with E-state index in [-0.39, 0.29) is 0 Å². The van der Waals surface area contributed by atoms with Gasteiger partial charge in [0, 0.05) is 25.7 Å². The fourth-order valence-electron chi connectivity index (χ4n) is 2.63. The maximum absolute atomic E-state index is 11.6. The number of carbonyl (C=O) groups is 6. The largest absolute Gasteiger partial charge is 0.393 e. The summed E-state index contributed by atoms with van der Waals surface area (Å²) in [5.41, 5.74) is 0.716. The Morgan fingerprint density at radius 3 is 0.923 bits per heavy atom. The minimum Gasteiger partial charge on any atom is -0.393 e.